The topological polar surface area (TPSA) is 78.7 Å². The number of carboxylic acids is 1. The van der Waals surface area contributed by atoms with Crippen molar-refractivity contribution in [3.8, 4) is 0 Å². The molecule has 0 amide bonds. The Kier molecular flexibility index (Phi) is 4.46. The highest BCUT2D eigenvalue weighted by atomic mass is 19.1. The molecule has 4 rings (SSSR count). The molecule has 0 saturated carbocycles. The number of anilines is 2. The second-order valence-electron chi connectivity index (χ2n) is 6.77. The maximum Gasteiger partial charge on any atom is 0.341 e. The van der Waals surface area contributed by atoms with E-state index in [4.69, 9.17) is 0 Å². The van der Waals surface area contributed by atoms with Gasteiger partial charge in [-0.2, -0.15) is 0 Å². The molecule has 144 valence electrons. The lowest BCUT2D eigenvalue weighted by Crippen LogP contribution is -2.47. The SMILES string of the molecule is Cn1cc(C(=O)O)c(=O)c2cc(F)c(N3CCN(c4ccccn4)CC3)cc21. The molecule has 0 aliphatic carbocycles. The minimum Gasteiger partial charge on any atom is -0.477 e. The summed E-state index contributed by atoms with van der Waals surface area (Å²) < 4.78 is 16.4. The molecule has 0 bridgehead atoms. The number of pyridine rings is 2. The predicted octanol–water partition coefficient (Wildman–Crippen LogP) is 2.10. The van der Waals surface area contributed by atoms with Gasteiger partial charge >= 0.3 is 5.97 Å². The summed E-state index contributed by atoms with van der Waals surface area (Å²) in [5, 5.41) is 9.24. The number of benzene rings is 1. The van der Waals surface area contributed by atoms with E-state index in [1.807, 2.05) is 23.1 Å². The van der Waals surface area contributed by atoms with E-state index in [1.54, 1.807) is 23.9 Å². The van der Waals surface area contributed by atoms with Gasteiger partial charge in [0, 0.05) is 51.0 Å². The number of nitrogens with zero attached hydrogens (tertiary/aromatic N) is 4. The fourth-order valence-corrected chi connectivity index (χ4v) is 3.60. The molecular weight excluding hydrogens is 363 g/mol. The number of rotatable bonds is 3. The van der Waals surface area contributed by atoms with Gasteiger partial charge in [-0.15, -0.1) is 0 Å². The van der Waals surface area contributed by atoms with Crippen molar-refractivity contribution >= 4 is 28.4 Å². The van der Waals surface area contributed by atoms with Crippen molar-refractivity contribution in [3.63, 3.8) is 0 Å². The van der Waals surface area contributed by atoms with E-state index in [2.05, 4.69) is 9.88 Å². The monoisotopic (exact) mass is 382 g/mol. The summed E-state index contributed by atoms with van der Waals surface area (Å²) in [6.45, 7) is 2.62. The number of aryl methyl sites for hydroxylation is 1. The van der Waals surface area contributed by atoms with Crippen LogP contribution in [0, 0.1) is 5.82 Å². The zero-order valence-corrected chi connectivity index (χ0v) is 15.3. The maximum absolute atomic E-state index is 14.8. The van der Waals surface area contributed by atoms with E-state index in [-0.39, 0.29) is 10.9 Å². The van der Waals surface area contributed by atoms with Crippen molar-refractivity contribution in [2.45, 2.75) is 0 Å². The number of fused-ring (bicyclic) bond motifs is 1. The molecular formula is C20H19FN4O3. The van der Waals surface area contributed by atoms with Crippen LogP contribution in [0.15, 0.2) is 47.5 Å². The lowest BCUT2D eigenvalue weighted by atomic mass is 10.1. The first-order valence-electron chi connectivity index (χ1n) is 8.93. The number of aromatic carboxylic acids is 1. The molecule has 0 spiro atoms. The summed E-state index contributed by atoms with van der Waals surface area (Å²) in [5.41, 5.74) is -0.137. The van der Waals surface area contributed by atoms with Crippen LogP contribution < -0.4 is 15.2 Å². The minimum absolute atomic E-state index is 0.0655. The van der Waals surface area contributed by atoms with Crippen LogP contribution in [0.2, 0.25) is 0 Å². The second kappa shape index (κ2) is 6.95. The number of halogens is 1. The second-order valence-corrected chi connectivity index (χ2v) is 6.77. The fourth-order valence-electron chi connectivity index (χ4n) is 3.60. The molecule has 0 atom stereocenters. The summed E-state index contributed by atoms with van der Waals surface area (Å²) in [5.74, 6) is -0.958. The van der Waals surface area contributed by atoms with Gasteiger partial charge in [0.1, 0.15) is 17.2 Å². The van der Waals surface area contributed by atoms with Crippen LogP contribution in [0.5, 0.6) is 0 Å². The van der Waals surface area contributed by atoms with Gasteiger partial charge < -0.3 is 19.5 Å². The normalized spacial score (nSPS) is 14.5. The lowest BCUT2D eigenvalue weighted by Gasteiger charge is -2.37. The van der Waals surface area contributed by atoms with E-state index in [0.717, 1.165) is 11.9 Å². The van der Waals surface area contributed by atoms with Crippen molar-refractivity contribution < 1.29 is 14.3 Å². The highest BCUT2D eigenvalue weighted by Crippen LogP contribution is 2.26. The van der Waals surface area contributed by atoms with Crippen molar-refractivity contribution in [3.05, 3.63) is 64.3 Å². The van der Waals surface area contributed by atoms with E-state index >= 15 is 0 Å². The molecule has 7 nitrogen and oxygen atoms in total. The van der Waals surface area contributed by atoms with Gasteiger partial charge in [-0.3, -0.25) is 4.79 Å². The van der Waals surface area contributed by atoms with Crippen LogP contribution in [0.3, 0.4) is 0 Å². The Morgan fingerprint density at radius 3 is 2.50 bits per heavy atom. The molecule has 28 heavy (non-hydrogen) atoms. The molecule has 0 radical (unpaired) electrons. The van der Waals surface area contributed by atoms with Crippen LogP contribution in [0.4, 0.5) is 15.9 Å². The third-order valence-corrected chi connectivity index (χ3v) is 5.08. The lowest BCUT2D eigenvalue weighted by molar-refractivity contribution is 0.0695. The Bertz CT molecular complexity index is 1110. The van der Waals surface area contributed by atoms with Crippen molar-refractivity contribution in [1.29, 1.82) is 0 Å². The van der Waals surface area contributed by atoms with Crippen molar-refractivity contribution in [2.75, 3.05) is 36.0 Å². The fraction of sp³-hybridized carbons (Fsp3) is 0.250. The molecule has 1 fully saturated rings. The van der Waals surface area contributed by atoms with Gasteiger partial charge in [-0.05, 0) is 24.3 Å². The highest BCUT2D eigenvalue weighted by molar-refractivity contribution is 5.93. The quantitative estimate of drug-likeness (QED) is 0.747. The molecule has 3 aromatic rings. The Hall–Kier alpha value is -3.42. The molecule has 1 aromatic carbocycles. The number of piperazine rings is 1. The average Bonchev–Trinajstić information content (AvgIpc) is 2.71. The molecule has 8 heteroatoms. The van der Waals surface area contributed by atoms with Crippen LogP contribution in [-0.2, 0) is 7.05 Å². The molecule has 1 N–H and O–H groups in total. The van der Waals surface area contributed by atoms with Crippen LogP contribution in [0.25, 0.3) is 10.9 Å². The molecule has 3 heterocycles. The van der Waals surface area contributed by atoms with Crippen LogP contribution >= 0.6 is 0 Å². The standard InChI is InChI=1S/C20H19FN4O3/c1-23-12-14(20(27)28)19(26)13-10-15(21)17(11-16(13)23)24-6-8-25(9-7-24)18-4-2-3-5-22-18/h2-5,10-12H,6-9H2,1H3,(H,27,28). The van der Waals surface area contributed by atoms with Crippen LogP contribution in [0.1, 0.15) is 10.4 Å². The van der Waals surface area contributed by atoms with E-state index in [0.29, 0.717) is 37.4 Å². The highest BCUT2D eigenvalue weighted by Gasteiger charge is 2.22. The molecule has 2 aromatic heterocycles. The summed E-state index contributed by atoms with van der Waals surface area (Å²) in [6.07, 6.45) is 3.02. The van der Waals surface area contributed by atoms with Gasteiger partial charge in [0.25, 0.3) is 0 Å². The number of carbonyl (C=O) groups is 1. The van der Waals surface area contributed by atoms with E-state index in [1.165, 1.54) is 6.20 Å². The Morgan fingerprint density at radius 2 is 1.86 bits per heavy atom. The van der Waals surface area contributed by atoms with E-state index in [9.17, 15) is 19.1 Å². The largest absolute Gasteiger partial charge is 0.477 e. The predicted molar refractivity (Wildman–Crippen MR) is 105 cm³/mol. The zero-order valence-electron chi connectivity index (χ0n) is 15.3. The Labute approximate surface area is 160 Å². The average molecular weight is 382 g/mol. The number of hydrogen-bond donors (Lipinski definition) is 1. The first-order valence-corrected chi connectivity index (χ1v) is 8.93. The van der Waals surface area contributed by atoms with Gasteiger partial charge in [-0.1, -0.05) is 6.07 Å². The zero-order chi connectivity index (χ0) is 19.8. The van der Waals surface area contributed by atoms with Gasteiger partial charge in [0.2, 0.25) is 5.43 Å². The van der Waals surface area contributed by atoms with Crippen molar-refractivity contribution in [1.82, 2.24) is 9.55 Å². The molecule has 1 aliphatic rings. The molecule has 1 saturated heterocycles. The number of aromatic nitrogens is 2. The smallest absolute Gasteiger partial charge is 0.341 e. The van der Waals surface area contributed by atoms with Gasteiger partial charge in [0.15, 0.2) is 0 Å². The Balaban J connectivity index is 1.66. The summed E-state index contributed by atoms with van der Waals surface area (Å²) >= 11 is 0. The molecule has 1 aliphatic heterocycles. The third-order valence-electron chi connectivity index (χ3n) is 5.08. The first-order chi connectivity index (χ1) is 13.5. The Morgan fingerprint density at radius 1 is 1.14 bits per heavy atom. The minimum atomic E-state index is -1.32. The first kappa shape index (κ1) is 18.0. The van der Waals surface area contributed by atoms with Gasteiger partial charge in [0.05, 0.1) is 11.2 Å². The van der Waals surface area contributed by atoms with Crippen molar-refractivity contribution in [2.24, 2.45) is 7.05 Å². The van der Waals surface area contributed by atoms with Gasteiger partial charge in [-0.25, -0.2) is 14.2 Å². The summed E-state index contributed by atoms with van der Waals surface area (Å²) in [6, 6.07) is 8.51. The number of hydrogen-bond acceptors (Lipinski definition) is 5. The van der Waals surface area contributed by atoms with Crippen LogP contribution in [-0.4, -0.2) is 46.8 Å². The third kappa shape index (κ3) is 3.06. The summed E-state index contributed by atoms with van der Waals surface area (Å²) in [7, 11) is 1.65. The van der Waals surface area contributed by atoms with E-state index < -0.39 is 17.2 Å². The number of carboxylic acid groups (broad SMARTS) is 1. The maximum atomic E-state index is 14.8. The molecule has 0 unspecified atom stereocenters. The summed E-state index contributed by atoms with van der Waals surface area (Å²) in [4.78, 5) is 32.0.